The Hall–Kier alpha value is -3.70. The second kappa shape index (κ2) is 6.82. The zero-order valence-electron chi connectivity index (χ0n) is 13.8. The summed E-state index contributed by atoms with van der Waals surface area (Å²) in [4.78, 5) is 3.16. The lowest BCUT2D eigenvalue weighted by Crippen LogP contribution is -1.89. The summed E-state index contributed by atoms with van der Waals surface area (Å²) in [6.07, 6.45) is 3.52. The molecule has 3 rings (SSSR count). The molecule has 2 aromatic carbocycles. The van der Waals surface area contributed by atoms with E-state index in [1.54, 1.807) is 44.7 Å². The van der Waals surface area contributed by atoms with Crippen molar-refractivity contribution >= 4 is 22.6 Å². The molecule has 1 aromatic heterocycles. The fourth-order valence-electron chi connectivity index (χ4n) is 2.70. The fourth-order valence-corrected chi connectivity index (χ4v) is 2.70. The molecule has 0 unspecified atom stereocenters. The van der Waals surface area contributed by atoms with Crippen molar-refractivity contribution in [2.45, 2.75) is 0 Å². The Morgan fingerprint density at radius 2 is 1.92 bits per heavy atom. The number of rotatable bonds is 4. The number of nitrogens with one attached hydrogen (secondary N) is 1. The Bertz CT molecular complexity index is 1050. The van der Waals surface area contributed by atoms with E-state index in [2.05, 4.69) is 17.1 Å². The zero-order chi connectivity index (χ0) is 17.8. The van der Waals surface area contributed by atoms with Crippen molar-refractivity contribution in [3.05, 3.63) is 59.3 Å². The van der Waals surface area contributed by atoms with Gasteiger partial charge in [-0.15, -0.1) is 0 Å². The van der Waals surface area contributed by atoms with Gasteiger partial charge in [-0.25, -0.2) is 0 Å². The van der Waals surface area contributed by atoms with Crippen molar-refractivity contribution in [1.82, 2.24) is 4.98 Å². The third-order valence-electron chi connectivity index (χ3n) is 3.96. The van der Waals surface area contributed by atoms with E-state index in [0.717, 1.165) is 22.2 Å². The number of hydrogen-bond donors (Lipinski definition) is 1. The van der Waals surface area contributed by atoms with E-state index >= 15 is 0 Å². The van der Waals surface area contributed by atoms with Crippen LogP contribution in [0.2, 0.25) is 0 Å². The molecule has 0 atom stereocenters. The van der Waals surface area contributed by atoms with Crippen molar-refractivity contribution in [3.8, 4) is 23.6 Å². The maximum atomic E-state index is 9.65. The molecule has 0 aliphatic heterocycles. The van der Waals surface area contributed by atoms with Crippen molar-refractivity contribution < 1.29 is 9.47 Å². The number of aromatic nitrogens is 1. The number of nitriles is 2. The molecule has 122 valence electrons. The van der Waals surface area contributed by atoms with Gasteiger partial charge in [-0.05, 0) is 36.4 Å². The third-order valence-corrected chi connectivity index (χ3v) is 3.96. The van der Waals surface area contributed by atoms with E-state index in [4.69, 9.17) is 14.7 Å². The number of hydrogen-bond acceptors (Lipinski definition) is 4. The Labute approximate surface area is 145 Å². The number of aromatic amines is 1. The summed E-state index contributed by atoms with van der Waals surface area (Å²) >= 11 is 0. The van der Waals surface area contributed by atoms with Crippen LogP contribution in [-0.4, -0.2) is 19.2 Å². The minimum absolute atomic E-state index is 0.477. The maximum Gasteiger partial charge on any atom is 0.126 e. The predicted octanol–water partition coefficient (Wildman–Crippen LogP) is 4.12. The van der Waals surface area contributed by atoms with Crippen LogP contribution in [-0.2, 0) is 0 Å². The summed E-state index contributed by atoms with van der Waals surface area (Å²) in [6.45, 7) is 0. The molecular formula is C20H15N3O2. The number of methoxy groups -OCH3 is 2. The van der Waals surface area contributed by atoms with Crippen LogP contribution in [0.15, 0.2) is 42.6 Å². The summed E-state index contributed by atoms with van der Waals surface area (Å²) in [6, 6.07) is 15.1. The van der Waals surface area contributed by atoms with Crippen molar-refractivity contribution in [3.63, 3.8) is 0 Å². The molecule has 0 saturated heterocycles. The molecule has 0 aliphatic rings. The quantitative estimate of drug-likeness (QED) is 0.730. The van der Waals surface area contributed by atoms with Gasteiger partial charge in [0.05, 0.1) is 37.5 Å². The van der Waals surface area contributed by atoms with E-state index in [-0.39, 0.29) is 0 Å². The van der Waals surface area contributed by atoms with Gasteiger partial charge in [-0.3, -0.25) is 0 Å². The smallest absolute Gasteiger partial charge is 0.126 e. The highest BCUT2D eigenvalue weighted by atomic mass is 16.5. The number of nitrogens with zero attached hydrogens (tertiary/aromatic N) is 2. The summed E-state index contributed by atoms with van der Waals surface area (Å²) in [5, 5.41) is 19.7. The zero-order valence-corrected chi connectivity index (χ0v) is 13.8. The molecule has 0 spiro atoms. The molecular weight excluding hydrogens is 314 g/mol. The first-order valence-corrected chi connectivity index (χ1v) is 7.55. The predicted molar refractivity (Wildman–Crippen MR) is 96.0 cm³/mol. The monoisotopic (exact) mass is 329 g/mol. The molecule has 0 aliphatic carbocycles. The number of benzene rings is 2. The molecule has 0 radical (unpaired) electrons. The van der Waals surface area contributed by atoms with Crippen molar-refractivity contribution in [2.24, 2.45) is 0 Å². The number of fused-ring (bicyclic) bond motifs is 1. The summed E-state index contributed by atoms with van der Waals surface area (Å²) in [5.74, 6) is 1.35. The molecule has 1 heterocycles. The molecule has 25 heavy (non-hydrogen) atoms. The minimum atomic E-state index is 0.477. The van der Waals surface area contributed by atoms with Crippen LogP contribution in [0.3, 0.4) is 0 Å². The lowest BCUT2D eigenvalue weighted by molar-refractivity contribution is 0.414. The van der Waals surface area contributed by atoms with Crippen molar-refractivity contribution in [1.29, 1.82) is 10.5 Å². The Kier molecular flexibility index (Phi) is 4.41. The average Bonchev–Trinajstić information content (AvgIpc) is 3.08. The molecule has 1 N–H and O–H groups in total. The molecule has 0 fully saturated rings. The van der Waals surface area contributed by atoms with Gasteiger partial charge in [0.15, 0.2) is 0 Å². The largest absolute Gasteiger partial charge is 0.497 e. The standard InChI is InChI=1S/C20H15N3O2/c1-24-16-4-5-17-18(12-23-19(17)9-16)15(11-22)8-14-7-13(10-21)3-6-20(14)25-2/h3-9,12,23H,1-2H3/b15-8-. The number of allylic oxidation sites excluding steroid dienone is 1. The van der Waals surface area contributed by atoms with E-state index in [1.807, 2.05) is 18.2 Å². The van der Waals surface area contributed by atoms with Crippen LogP contribution in [0.5, 0.6) is 11.5 Å². The number of ether oxygens (including phenoxy) is 2. The Morgan fingerprint density at radius 3 is 2.60 bits per heavy atom. The summed E-state index contributed by atoms with van der Waals surface area (Å²) in [7, 11) is 3.17. The first-order valence-electron chi connectivity index (χ1n) is 7.55. The second-order valence-corrected chi connectivity index (χ2v) is 5.35. The highest BCUT2D eigenvalue weighted by Gasteiger charge is 2.11. The van der Waals surface area contributed by atoms with E-state index in [9.17, 15) is 5.26 Å². The average molecular weight is 329 g/mol. The molecule has 5 heteroatoms. The van der Waals surface area contributed by atoms with Crippen LogP contribution in [0.25, 0.3) is 22.6 Å². The lowest BCUT2D eigenvalue weighted by atomic mass is 10.0. The fraction of sp³-hybridized carbons (Fsp3) is 0.100. The van der Waals surface area contributed by atoms with Gasteiger partial charge >= 0.3 is 0 Å². The van der Waals surface area contributed by atoms with Gasteiger partial charge in [-0.2, -0.15) is 10.5 Å². The van der Waals surface area contributed by atoms with Gasteiger partial charge in [0.25, 0.3) is 0 Å². The molecule has 0 amide bonds. The summed E-state index contributed by atoms with van der Waals surface area (Å²) < 4.78 is 10.6. The number of H-pyrrole nitrogens is 1. The lowest BCUT2D eigenvalue weighted by Gasteiger charge is -2.06. The highest BCUT2D eigenvalue weighted by Crippen LogP contribution is 2.31. The Balaban J connectivity index is 2.14. The first-order chi connectivity index (χ1) is 12.2. The Morgan fingerprint density at radius 1 is 1.08 bits per heavy atom. The highest BCUT2D eigenvalue weighted by molar-refractivity contribution is 6.01. The van der Waals surface area contributed by atoms with E-state index < -0.39 is 0 Å². The third kappa shape index (κ3) is 3.04. The van der Waals surface area contributed by atoms with Gasteiger partial charge < -0.3 is 14.5 Å². The van der Waals surface area contributed by atoms with E-state index in [1.165, 1.54) is 0 Å². The second-order valence-electron chi connectivity index (χ2n) is 5.35. The van der Waals surface area contributed by atoms with Gasteiger partial charge in [0, 0.05) is 34.3 Å². The maximum absolute atomic E-state index is 9.65. The first kappa shape index (κ1) is 16.2. The van der Waals surface area contributed by atoms with Crippen LogP contribution >= 0.6 is 0 Å². The molecule has 0 saturated carbocycles. The van der Waals surface area contributed by atoms with Crippen LogP contribution in [0.4, 0.5) is 0 Å². The van der Waals surface area contributed by atoms with Gasteiger partial charge in [-0.1, -0.05) is 0 Å². The topological polar surface area (TPSA) is 81.8 Å². The molecule has 0 bridgehead atoms. The van der Waals surface area contributed by atoms with Crippen LogP contribution < -0.4 is 9.47 Å². The molecule has 3 aromatic rings. The van der Waals surface area contributed by atoms with Crippen LogP contribution in [0.1, 0.15) is 16.7 Å². The minimum Gasteiger partial charge on any atom is -0.497 e. The molecule has 5 nitrogen and oxygen atoms in total. The van der Waals surface area contributed by atoms with Gasteiger partial charge in [0.2, 0.25) is 0 Å². The summed E-state index contributed by atoms with van der Waals surface area (Å²) in [5.41, 5.74) is 3.33. The van der Waals surface area contributed by atoms with Crippen molar-refractivity contribution in [2.75, 3.05) is 14.2 Å². The SMILES string of the molecule is COc1ccc2c(/C(C#N)=C\c3cc(C#N)ccc3OC)c[nH]c2c1. The normalized spacial score (nSPS) is 11.0. The van der Waals surface area contributed by atoms with E-state index in [0.29, 0.717) is 22.4 Å². The van der Waals surface area contributed by atoms with Crippen LogP contribution in [0, 0.1) is 22.7 Å². The van der Waals surface area contributed by atoms with Gasteiger partial charge in [0.1, 0.15) is 11.5 Å².